The number of nitrogens with one attached hydrogen (secondary N) is 1. The summed E-state index contributed by atoms with van der Waals surface area (Å²) >= 11 is 9.07. The van der Waals surface area contributed by atoms with Gasteiger partial charge >= 0.3 is 0 Å². The van der Waals surface area contributed by atoms with Gasteiger partial charge in [-0.25, -0.2) is 0 Å². The zero-order valence-corrected chi connectivity index (χ0v) is 21.6. The lowest BCUT2D eigenvalue weighted by Crippen LogP contribution is -2.33. The molecule has 1 saturated heterocycles. The fourth-order valence-corrected chi connectivity index (χ4v) is 6.69. The third-order valence-electron chi connectivity index (χ3n) is 6.48. The largest absolute Gasteiger partial charge is 0.386 e. The second kappa shape index (κ2) is 10.2. The van der Waals surface area contributed by atoms with E-state index in [0.29, 0.717) is 23.5 Å². The Labute approximate surface area is 216 Å². The van der Waals surface area contributed by atoms with Crippen LogP contribution in [-0.2, 0) is 20.1 Å². The molecule has 2 atom stereocenters. The van der Waals surface area contributed by atoms with Crippen LogP contribution >= 0.6 is 34.3 Å². The number of likely N-dealkylation sites (tertiary alicyclic amines) is 1. The number of halogens is 1. The standard InChI is InChI=1S/C26H26ClN3O3S2/c1-29-15-20(25(33)28-13-16-6-8-17(27)9-7-16)23(31)19-12-18(35-26(19)29)14-30-10-2-4-21(30)24(32)22-5-3-11-34-22/h3,5-9,11-12,15,21,24,32H,2,4,10,13-14H2,1H3,(H,28,33)/t21-,24-/m1/s1. The van der Waals surface area contributed by atoms with Gasteiger partial charge in [-0.05, 0) is 54.6 Å². The van der Waals surface area contributed by atoms with Crippen molar-refractivity contribution >= 4 is 50.4 Å². The molecule has 9 heteroatoms. The van der Waals surface area contributed by atoms with Crippen LogP contribution in [0.1, 0.15) is 44.6 Å². The first-order valence-electron chi connectivity index (χ1n) is 11.5. The molecule has 6 nitrogen and oxygen atoms in total. The van der Waals surface area contributed by atoms with Crippen LogP contribution < -0.4 is 10.7 Å². The van der Waals surface area contributed by atoms with Gasteiger partial charge in [0.15, 0.2) is 0 Å². The molecule has 1 aliphatic rings. The highest BCUT2D eigenvalue weighted by molar-refractivity contribution is 7.18. The van der Waals surface area contributed by atoms with Crippen molar-refractivity contribution in [3.8, 4) is 0 Å². The Kier molecular flexibility index (Phi) is 7.09. The maximum Gasteiger partial charge on any atom is 0.257 e. The molecule has 1 aromatic carbocycles. The SMILES string of the molecule is Cn1cc(C(=O)NCc2ccc(Cl)cc2)c(=O)c2cc(CN3CCC[C@@H]3[C@@H](O)c3cccs3)sc21. The van der Waals surface area contributed by atoms with Crippen molar-refractivity contribution in [1.82, 2.24) is 14.8 Å². The minimum Gasteiger partial charge on any atom is -0.386 e. The highest BCUT2D eigenvalue weighted by Crippen LogP contribution is 2.34. The number of nitrogens with zero attached hydrogens (tertiary/aromatic N) is 2. The van der Waals surface area contributed by atoms with E-state index in [1.54, 1.807) is 41.0 Å². The van der Waals surface area contributed by atoms with E-state index in [9.17, 15) is 14.7 Å². The zero-order valence-electron chi connectivity index (χ0n) is 19.2. The molecule has 4 aromatic rings. The van der Waals surface area contributed by atoms with Gasteiger partial charge in [-0.3, -0.25) is 14.5 Å². The fraction of sp³-hybridized carbons (Fsp3) is 0.308. The first-order valence-corrected chi connectivity index (χ1v) is 13.6. The quantitative estimate of drug-likeness (QED) is 0.357. The van der Waals surface area contributed by atoms with Gasteiger partial charge in [0.05, 0.1) is 5.39 Å². The van der Waals surface area contributed by atoms with Crippen LogP contribution in [0.5, 0.6) is 0 Å². The minimum absolute atomic E-state index is 0.0635. The predicted octanol–water partition coefficient (Wildman–Crippen LogP) is 4.94. The highest BCUT2D eigenvalue weighted by Gasteiger charge is 2.32. The second-order valence-electron chi connectivity index (χ2n) is 8.86. The number of carbonyl (C=O) groups excluding carboxylic acids is 1. The van der Waals surface area contributed by atoms with E-state index in [0.717, 1.165) is 39.5 Å². The van der Waals surface area contributed by atoms with Crippen molar-refractivity contribution in [2.45, 2.75) is 38.1 Å². The number of aryl methyl sites for hydroxylation is 1. The van der Waals surface area contributed by atoms with Crippen molar-refractivity contribution < 1.29 is 9.90 Å². The van der Waals surface area contributed by atoms with Gasteiger partial charge in [-0.2, -0.15) is 0 Å². The van der Waals surface area contributed by atoms with E-state index >= 15 is 0 Å². The lowest BCUT2D eigenvalue weighted by Gasteiger charge is -2.27. The number of hydrogen-bond acceptors (Lipinski definition) is 6. The van der Waals surface area contributed by atoms with Crippen molar-refractivity contribution in [2.75, 3.05) is 6.54 Å². The van der Waals surface area contributed by atoms with Crippen molar-refractivity contribution in [3.63, 3.8) is 0 Å². The number of benzene rings is 1. The maximum absolute atomic E-state index is 13.2. The summed E-state index contributed by atoms with van der Waals surface area (Å²) in [6, 6.07) is 13.1. The number of hydrogen-bond donors (Lipinski definition) is 2. The van der Waals surface area contributed by atoms with Crippen LogP contribution in [0.3, 0.4) is 0 Å². The molecule has 4 heterocycles. The zero-order chi connectivity index (χ0) is 24.5. The molecule has 3 aromatic heterocycles. The van der Waals surface area contributed by atoms with Gasteiger partial charge in [-0.1, -0.05) is 29.8 Å². The number of fused-ring (bicyclic) bond motifs is 1. The minimum atomic E-state index is -0.506. The third kappa shape index (κ3) is 5.08. The third-order valence-corrected chi connectivity index (χ3v) is 8.88. The fourth-order valence-electron chi connectivity index (χ4n) is 4.69. The second-order valence-corrected chi connectivity index (χ2v) is 11.4. The molecule has 0 spiro atoms. The molecule has 0 aliphatic carbocycles. The van der Waals surface area contributed by atoms with Gasteiger partial charge in [0.2, 0.25) is 5.43 Å². The molecule has 35 heavy (non-hydrogen) atoms. The van der Waals surface area contributed by atoms with Gasteiger partial charge in [0, 0.05) is 47.2 Å². The molecule has 0 bridgehead atoms. The molecular formula is C26H26ClN3O3S2. The Morgan fingerprint density at radius 3 is 2.83 bits per heavy atom. The first kappa shape index (κ1) is 24.2. The summed E-state index contributed by atoms with van der Waals surface area (Å²) in [5.41, 5.74) is 0.777. The smallest absolute Gasteiger partial charge is 0.257 e. The van der Waals surface area contributed by atoms with Crippen LogP contribution in [0.15, 0.2) is 58.8 Å². The van der Waals surface area contributed by atoms with Gasteiger partial charge in [0.1, 0.15) is 16.5 Å². The highest BCUT2D eigenvalue weighted by atomic mass is 35.5. The van der Waals surface area contributed by atoms with E-state index in [2.05, 4.69) is 10.2 Å². The lowest BCUT2D eigenvalue weighted by molar-refractivity contribution is 0.0719. The number of pyridine rings is 1. The van der Waals surface area contributed by atoms with Crippen LogP contribution in [0.4, 0.5) is 0 Å². The average Bonchev–Trinajstić information content (AvgIpc) is 3.62. The van der Waals surface area contributed by atoms with Crippen LogP contribution in [-0.4, -0.2) is 33.1 Å². The molecule has 1 fully saturated rings. The van der Waals surface area contributed by atoms with E-state index in [-0.39, 0.29) is 17.0 Å². The molecule has 0 saturated carbocycles. The normalized spacial score (nSPS) is 17.2. The van der Waals surface area contributed by atoms with E-state index < -0.39 is 12.0 Å². The molecular weight excluding hydrogens is 502 g/mol. The van der Waals surface area contributed by atoms with Gasteiger partial charge in [-0.15, -0.1) is 22.7 Å². The number of carbonyl (C=O) groups is 1. The van der Waals surface area contributed by atoms with Gasteiger partial charge < -0.3 is 15.0 Å². The van der Waals surface area contributed by atoms with Crippen LogP contribution in [0, 0.1) is 0 Å². The molecule has 182 valence electrons. The summed E-state index contributed by atoms with van der Waals surface area (Å²) in [4.78, 5) is 31.2. The molecule has 1 aliphatic heterocycles. The summed E-state index contributed by atoms with van der Waals surface area (Å²) < 4.78 is 1.85. The van der Waals surface area contributed by atoms with Gasteiger partial charge in [0.25, 0.3) is 5.91 Å². The Morgan fingerprint density at radius 2 is 2.09 bits per heavy atom. The topological polar surface area (TPSA) is 74.6 Å². The summed E-state index contributed by atoms with van der Waals surface area (Å²) in [6.07, 6.45) is 3.09. The van der Waals surface area contributed by atoms with E-state index in [1.165, 1.54) is 0 Å². The number of aromatic nitrogens is 1. The van der Waals surface area contributed by atoms with Crippen molar-refractivity contribution in [1.29, 1.82) is 0 Å². The van der Waals surface area contributed by atoms with Crippen LogP contribution in [0.2, 0.25) is 5.02 Å². The molecule has 1 amide bonds. The first-order chi connectivity index (χ1) is 16.9. The maximum atomic E-state index is 13.2. The Morgan fingerprint density at radius 1 is 1.29 bits per heavy atom. The Bertz CT molecular complexity index is 1400. The number of rotatable bonds is 7. The van der Waals surface area contributed by atoms with E-state index in [4.69, 9.17) is 11.6 Å². The molecule has 0 unspecified atom stereocenters. The van der Waals surface area contributed by atoms with Crippen molar-refractivity contribution in [3.05, 3.63) is 90.2 Å². The van der Waals surface area contributed by atoms with Crippen molar-refractivity contribution in [2.24, 2.45) is 7.05 Å². The molecule has 0 radical (unpaired) electrons. The summed E-state index contributed by atoms with van der Waals surface area (Å²) in [5.74, 6) is -0.395. The summed E-state index contributed by atoms with van der Waals surface area (Å²) in [5, 5.41) is 16.9. The van der Waals surface area contributed by atoms with Crippen LogP contribution in [0.25, 0.3) is 10.2 Å². The summed E-state index contributed by atoms with van der Waals surface area (Å²) in [7, 11) is 1.86. The molecule has 2 N–H and O–H groups in total. The Balaban J connectivity index is 1.35. The summed E-state index contributed by atoms with van der Waals surface area (Å²) in [6.45, 7) is 1.90. The number of thiophene rings is 2. The predicted molar refractivity (Wildman–Crippen MR) is 142 cm³/mol. The van der Waals surface area contributed by atoms with E-state index in [1.807, 2.05) is 47.3 Å². The number of aliphatic hydroxyl groups is 1. The Hall–Kier alpha value is -2.49. The monoisotopic (exact) mass is 527 g/mol. The lowest BCUT2D eigenvalue weighted by atomic mass is 10.1. The molecule has 5 rings (SSSR count). The number of amides is 1. The number of aliphatic hydroxyl groups excluding tert-OH is 1. The average molecular weight is 528 g/mol.